The van der Waals surface area contributed by atoms with E-state index in [1.165, 1.54) is 22.5 Å². The van der Waals surface area contributed by atoms with Gasteiger partial charge in [0.05, 0.1) is 19.8 Å². The van der Waals surface area contributed by atoms with Crippen molar-refractivity contribution in [3.8, 4) is 5.75 Å². The van der Waals surface area contributed by atoms with Crippen LogP contribution >= 0.6 is 0 Å². The minimum atomic E-state index is 0.231. The van der Waals surface area contributed by atoms with Gasteiger partial charge in [0.25, 0.3) is 0 Å². The Bertz CT molecular complexity index is 816. The van der Waals surface area contributed by atoms with Crippen LogP contribution in [0.15, 0.2) is 42.5 Å². The summed E-state index contributed by atoms with van der Waals surface area (Å²) in [5.74, 6) is 0.915. The number of fused-ring (bicyclic) bond motifs is 1. The summed E-state index contributed by atoms with van der Waals surface area (Å²) in [5.41, 5.74) is 5.46. The monoisotopic (exact) mass is 409 g/mol. The summed E-state index contributed by atoms with van der Waals surface area (Å²) in [6.07, 6.45) is 2.32. The quantitative estimate of drug-likeness (QED) is 0.690. The number of benzene rings is 2. The van der Waals surface area contributed by atoms with Crippen molar-refractivity contribution in [2.45, 2.75) is 25.9 Å². The van der Waals surface area contributed by atoms with Crippen LogP contribution in [0.3, 0.4) is 0 Å². The van der Waals surface area contributed by atoms with E-state index in [2.05, 4.69) is 59.0 Å². The number of ether oxygens (including phenoxy) is 2. The van der Waals surface area contributed by atoms with Crippen LogP contribution in [0.1, 0.15) is 30.6 Å². The highest BCUT2D eigenvalue weighted by Gasteiger charge is 2.24. The second-order valence-electron chi connectivity index (χ2n) is 8.32. The lowest BCUT2D eigenvalue weighted by Crippen LogP contribution is -2.46. The largest absolute Gasteiger partial charge is 0.497 e. The Kier molecular flexibility index (Phi) is 6.80. The van der Waals surface area contributed by atoms with E-state index in [4.69, 9.17) is 9.47 Å². The van der Waals surface area contributed by atoms with E-state index in [1.807, 2.05) is 12.1 Å². The lowest BCUT2D eigenvalue weighted by atomic mass is 9.94. The van der Waals surface area contributed by atoms with Crippen molar-refractivity contribution in [2.24, 2.45) is 0 Å². The first-order chi connectivity index (χ1) is 14.7. The molecule has 1 atom stereocenters. The molecule has 2 aliphatic heterocycles. The van der Waals surface area contributed by atoms with Gasteiger partial charge in [0, 0.05) is 57.7 Å². The maximum absolute atomic E-state index is 6.17. The summed E-state index contributed by atoms with van der Waals surface area (Å²) in [7, 11) is 3.87. The molecular weight excluding hydrogens is 374 g/mol. The Morgan fingerprint density at radius 2 is 1.83 bits per heavy atom. The highest BCUT2D eigenvalue weighted by atomic mass is 16.5. The van der Waals surface area contributed by atoms with Crippen LogP contribution in [0.25, 0.3) is 0 Å². The predicted molar refractivity (Wildman–Crippen MR) is 124 cm³/mol. The molecule has 0 bridgehead atoms. The molecule has 1 saturated heterocycles. The summed E-state index contributed by atoms with van der Waals surface area (Å²) in [6.45, 7) is 9.50. The molecule has 0 saturated carbocycles. The van der Waals surface area contributed by atoms with E-state index in [0.717, 1.165) is 64.5 Å². The Hall–Kier alpha value is -2.24. The van der Waals surface area contributed by atoms with Gasteiger partial charge in [-0.15, -0.1) is 0 Å². The van der Waals surface area contributed by atoms with Crippen LogP contribution in [-0.4, -0.2) is 64.9 Å². The Morgan fingerprint density at radius 3 is 2.53 bits per heavy atom. The molecule has 5 heteroatoms. The third-order valence-electron chi connectivity index (χ3n) is 6.60. The summed E-state index contributed by atoms with van der Waals surface area (Å²) >= 11 is 0. The van der Waals surface area contributed by atoms with Crippen molar-refractivity contribution >= 4 is 11.4 Å². The first-order valence-corrected chi connectivity index (χ1v) is 11.2. The van der Waals surface area contributed by atoms with E-state index >= 15 is 0 Å². The van der Waals surface area contributed by atoms with Crippen molar-refractivity contribution < 1.29 is 9.47 Å². The molecule has 0 aliphatic carbocycles. The highest BCUT2D eigenvalue weighted by molar-refractivity contribution is 5.52. The molecule has 162 valence electrons. The van der Waals surface area contributed by atoms with E-state index in [0.29, 0.717) is 0 Å². The molecule has 2 heterocycles. The van der Waals surface area contributed by atoms with Crippen LogP contribution in [-0.2, 0) is 11.2 Å². The molecule has 1 fully saturated rings. The molecule has 2 aliphatic rings. The fourth-order valence-electron chi connectivity index (χ4n) is 4.51. The Labute approximate surface area is 181 Å². The van der Waals surface area contributed by atoms with Crippen molar-refractivity contribution in [1.29, 1.82) is 0 Å². The van der Waals surface area contributed by atoms with Gasteiger partial charge in [0.1, 0.15) is 5.75 Å². The maximum Gasteiger partial charge on any atom is 0.119 e. The van der Waals surface area contributed by atoms with Crippen LogP contribution in [0.2, 0.25) is 0 Å². The van der Waals surface area contributed by atoms with Crippen LogP contribution in [0.5, 0.6) is 5.75 Å². The summed E-state index contributed by atoms with van der Waals surface area (Å²) < 4.78 is 11.4. The molecule has 0 N–H and O–H groups in total. The third-order valence-corrected chi connectivity index (χ3v) is 6.60. The zero-order valence-corrected chi connectivity index (χ0v) is 18.6. The minimum Gasteiger partial charge on any atom is -0.497 e. The molecular formula is C25H35N3O2. The van der Waals surface area contributed by atoms with Crippen molar-refractivity contribution in [1.82, 2.24) is 4.90 Å². The van der Waals surface area contributed by atoms with Gasteiger partial charge in [0.15, 0.2) is 0 Å². The maximum atomic E-state index is 6.17. The van der Waals surface area contributed by atoms with Crippen LogP contribution in [0.4, 0.5) is 11.4 Å². The number of anilines is 2. The molecule has 0 amide bonds. The first kappa shape index (κ1) is 21.0. The minimum absolute atomic E-state index is 0.231. The molecule has 0 aromatic heterocycles. The van der Waals surface area contributed by atoms with Gasteiger partial charge in [-0.05, 0) is 67.3 Å². The standard InChI is InChI=1S/C25H35N3O2/c1-4-26(2)22-7-10-24-20(19-22)12-18-30-25(24)11-13-27-14-16-28(17-15-27)21-5-8-23(29-3)9-6-21/h5-10,19,25H,4,11-18H2,1-3H3. The normalized spacial score (nSPS) is 19.4. The fourth-order valence-corrected chi connectivity index (χ4v) is 4.51. The van der Waals surface area contributed by atoms with E-state index in [1.54, 1.807) is 7.11 Å². The van der Waals surface area contributed by atoms with Gasteiger partial charge >= 0.3 is 0 Å². The molecule has 0 spiro atoms. The highest BCUT2D eigenvalue weighted by Crippen LogP contribution is 2.32. The lowest BCUT2D eigenvalue weighted by Gasteiger charge is -2.37. The molecule has 30 heavy (non-hydrogen) atoms. The summed E-state index contributed by atoms with van der Waals surface area (Å²) in [6, 6.07) is 15.3. The van der Waals surface area contributed by atoms with Crippen LogP contribution in [0, 0.1) is 0 Å². The van der Waals surface area contributed by atoms with Crippen molar-refractivity contribution in [3.05, 3.63) is 53.6 Å². The van der Waals surface area contributed by atoms with Crippen LogP contribution < -0.4 is 14.5 Å². The van der Waals surface area contributed by atoms with Gasteiger partial charge < -0.3 is 19.3 Å². The Balaban J connectivity index is 1.30. The van der Waals surface area contributed by atoms with Gasteiger partial charge in [0.2, 0.25) is 0 Å². The van der Waals surface area contributed by atoms with Gasteiger partial charge in [-0.25, -0.2) is 0 Å². The number of hydrogen-bond acceptors (Lipinski definition) is 5. The van der Waals surface area contributed by atoms with Gasteiger partial charge in [-0.3, -0.25) is 4.90 Å². The Morgan fingerprint density at radius 1 is 1.07 bits per heavy atom. The summed E-state index contributed by atoms with van der Waals surface area (Å²) in [5, 5.41) is 0. The zero-order chi connectivity index (χ0) is 20.9. The van der Waals surface area contributed by atoms with Crippen molar-refractivity contribution in [3.63, 3.8) is 0 Å². The van der Waals surface area contributed by atoms with E-state index in [9.17, 15) is 0 Å². The molecule has 4 rings (SSSR count). The number of hydrogen-bond donors (Lipinski definition) is 0. The number of rotatable bonds is 7. The average Bonchev–Trinajstić information content (AvgIpc) is 2.82. The van der Waals surface area contributed by atoms with Gasteiger partial charge in [-0.1, -0.05) is 6.07 Å². The topological polar surface area (TPSA) is 28.2 Å². The predicted octanol–water partition coefficient (Wildman–Crippen LogP) is 3.98. The molecule has 1 unspecified atom stereocenters. The molecule has 0 radical (unpaired) electrons. The fraction of sp³-hybridized carbons (Fsp3) is 0.520. The average molecular weight is 410 g/mol. The molecule has 5 nitrogen and oxygen atoms in total. The second kappa shape index (κ2) is 9.71. The third kappa shape index (κ3) is 4.73. The number of nitrogens with zero attached hydrogens (tertiary/aromatic N) is 3. The first-order valence-electron chi connectivity index (χ1n) is 11.2. The van der Waals surface area contributed by atoms with Gasteiger partial charge in [-0.2, -0.15) is 0 Å². The number of piperazine rings is 1. The van der Waals surface area contributed by atoms with E-state index < -0.39 is 0 Å². The second-order valence-corrected chi connectivity index (χ2v) is 8.32. The lowest BCUT2D eigenvalue weighted by molar-refractivity contribution is 0.0289. The number of methoxy groups -OCH3 is 1. The zero-order valence-electron chi connectivity index (χ0n) is 18.6. The van der Waals surface area contributed by atoms with E-state index in [-0.39, 0.29) is 6.10 Å². The summed E-state index contributed by atoms with van der Waals surface area (Å²) in [4.78, 5) is 7.35. The SMILES string of the molecule is CCN(C)c1ccc2c(c1)CCOC2CCN1CCN(c2ccc(OC)cc2)CC1. The van der Waals surface area contributed by atoms with Crippen molar-refractivity contribution in [2.75, 3.05) is 69.8 Å². The molecule has 2 aromatic rings. The smallest absolute Gasteiger partial charge is 0.119 e. The molecule has 2 aromatic carbocycles.